The van der Waals surface area contributed by atoms with Crippen molar-refractivity contribution in [1.29, 1.82) is 0 Å². The summed E-state index contributed by atoms with van der Waals surface area (Å²) in [6, 6.07) is 7.66. The molecule has 2 heterocycles. The summed E-state index contributed by atoms with van der Waals surface area (Å²) in [7, 11) is 0. The van der Waals surface area contributed by atoms with Crippen LogP contribution in [0.25, 0.3) is 11.6 Å². The Morgan fingerprint density at radius 1 is 1.18 bits per heavy atom. The Morgan fingerprint density at radius 3 is 2.91 bits per heavy atom. The Labute approximate surface area is 130 Å². The van der Waals surface area contributed by atoms with E-state index in [0.717, 1.165) is 11.1 Å². The molecule has 108 valence electrons. The Hall–Kier alpha value is -2.54. The molecule has 0 amide bonds. The van der Waals surface area contributed by atoms with Gasteiger partial charge in [-0.15, -0.1) is 10.2 Å². The number of benzene rings is 1. The average Bonchev–Trinajstić information content (AvgIpc) is 3.15. The van der Waals surface area contributed by atoms with Crippen molar-refractivity contribution in [2.45, 2.75) is 16.9 Å². The monoisotopic (exact) mass is 310 g/mol. The van der Waals surface area contributed by atoms with Crippen molar-refractivity contribution < 1.29 is 9.21 Å². The van der Waals surface area contributed by atoms with E-state index in [-0.39, 0.29) is 11.0 Å². The first kappa shape index (κ1) is 13.1. The van der Waals surface area contributed by atoms with Crippen molar-refractivity contribution >= 4 is 17.5 Å². The number of rotatable bonds is 3. The largest absolute Gasteiger partial charge is 0.410 e. The topological polar surface area (TPSA) is 81.8 Å². The lowest BCUT2D eigenvalue weighted by Gasteiger charge is -2.02. The molecule has 1 unspecified atom stereocenters. The molecule has 1 aromatic carbocycles. The summed E-state index contributed by atoms with van der Waals surface area (Å²) in [6.45, 7) is 0. The minimum absolute atomic E-state index is 0.111. The number of Topliss-reactive ketones (excluding diaryl/α,β-unsaturated/α-hetero) is 1. The van der Waals surface area contributed by atoms with Crippen LogP contribution in [0.1, 0.15) is 15.9 Å². The maximum absolute atomic E-state index is 12.3. The van der Waals surface area contributed by atoms with Gasteiger partial charge in [-0.05, 0) is 12.0 Å². The highest BCUT2D eigenvalue weighted by atomic mass is 32.2. The Balaban J connectivity index is 1.54. The number of carbonyl (C=O) groups excluding carboxylic acids is 1. The molecule has 0 radical (unpaired) electrons. The third-order valence-corrected chi connectivity index (χ3v) is 4.44. The summed E-state index contributed by atoms with van der Waals surface area (Å²) in [5.74, 6) is 0.415. The highest BCUT2D eigenvalue weighted by Crippen LogP contribution is 2.34. The molecule has 0 N–H and O–H groups in total. The molecule has 0 saturated carbocycles. The zero-order valence-corrected chi connectivity index (χ0v) is 12.2. The van der Waals surface area contributed by atoms with Crippen LogP contribution in [0.4, 0.5) is 0 Å². The summed E-state index contributed by atoms with van der Waals surface area (Å²) in [6.07, 6.45) is 5.37. The molecule has 7 heteroatoms. The van der Waals surface area contributed by atoms with Gasteiger partial charge in [0.25, 0.3) is 11.1 Å². The van der Waals surface area contributed by atoms with Crippen molar-refractivity contribution in [3.8, 4) is 11.6 Å². The minimum Gasteiger partial charge on any atom is -0.410 e. The van der Waals surface area contributed by atoms with Crippen LogP contribution in [0.15, 0.2) is 52.5 Å². The Kier molecular flexibility index (Phi) is 3.19. The highest BCUT2D eigenvalue weighted by molar-refractivity contribution is 8.00. The van der Waals surface area contributed by atoms with Crippen molar-refractivity contribution in [2.75, 3.05) is 0 Å². The van der Waals surface area contributed by atoms with E-state index in [1.165, 1.54) is 11.8 Å². The number of carbonyl (C=O) groups is 1. The van der Waals surface area contributed by atoms with Gasteiger partial charge in [0.15, 0.2) is 5.78 Å². The molecule has 0 aliphatic heterocycles. The fraction of sp³-hybridized carbons (Fsp3) is 0.133. The van der Waals surface area contributed by atoms with E-state index in [4.69, 9.17) is 4.42 Å². The zero-order chi connectivity index (χ0) is 14.9. The van der Waals surface area contributed by atoms with Crippen LogP contribution < -0.4 is 0 Å². The molecular formula is C15H10N4O2S. The van der Waals surface area contributed by atoms with Crippen molar-refractivity contribution in [3.05, 3.63) is 54.0 Å². The van der Waals surface area contributed by atoms with Gasteiger partial charge < -0.3 is 4.42 Å². The van der Waals surface area contributed by atoms with Crippen LogP contribution in [0, 0.1) is 0 Å². The van der Waals surface area contributed by atoms with Gasteiger partial charge in [-0.1, -0.05) is 36.0 Å². The molecule has 2 aromatic heterocycles. The molecule has 3 aromatic rings. The number of ketones is 1. The number of fused-ring (bicyclic) bond motifs is 1. The molecule has 0 fully saturated rings. The van der Waals surface area contributed by atoms with E-state index in [9.17, 15) is 4.79 Å². The maximum Gasteiger partial charge on any atom is 0.277 e. The molecular weight excluding hydrogens is 300 g/mol. The standard InChI is InChI=1S/C15H10N4O2S/c20-13-10-4-2-1-3-9(10)7-12(13)22-15-19-18-14(21-15)11-8-16-5-6-17-11/h1-6,8,12H,7H2. The zero-order valence-electron chi connectivity index (χ0n) is 11.3. The van der Waals surface area contributed by atoms with Gasteiger partial charge in [-0.25, -0.2) is 4.98 Å². The van der Waals surface area contributed by atoms with E-state index < -0.39 is 0 Å². The van der Waals surface area contributed by atoms with Crippen LogP contribution in [-0.4, -0.2) is 31.2 Å². The summed E-state index contributed by atoms with van der Waals surface area (Å²) in [4.78, 5) is 20.4. The lowest BCUT2D eigenvalue weighted by molar-refractivity contribution is 0.1000. The van der Waals surface area contributed by atoms with E-state index >= 15 is 0 Å². The first-order valence-corrected chi connectivity index (χ1v) is 7.58. The second kappa shape index (κ2) is 5.34. The number of hydrogen-bond donors (Lipinski definition) is 0. The first-order chi connectivity index (χ1) is 10.8. The summed E-state index contributed by atoms with van der Waals surface area (Å²) in [5, 5.41) is 8.08. The molecule has 6 nitrogen and oxygen atoms in total. The fourth-order valence-corrected chi connectivity index (χ4v) is 3.35. The van der Waals surface area contributed by atoms with E-state index in [1.807, 2.05) is 24.3 Å². The summed E-state index contributed by atoms with van der Waals surface area (Å²) < 4.78 is 5.56. The van der Waals surface area contributed by atoms with Crippen molar-refractivity contribution in [3.63, 3.8) is 0 Å². The molecule has 0 saturated heterocycles. The quantitative estimate of drug-likeness (QED) is 0.734. The fourth-order valence-electron chi connectivity index (χ4n) is 2.39. The van der Waals surface area contributed by atoms with Gasteiger partial charge in [0.2, 0.25) is 0 Å². The molecule has 4 rings (SSSR count). The minimum atomic E-state index is -0.215. The van der Waals surface area contributed by atoms with Gasteiger partial charge in [0, 0.05) is 18.0 Å². The van der Waals surface area contributed by atoms with Crippen LogP contribution >= 0.6 is 11.8 Å². The summed E-state index contributed by atoms with van der Waals surface area (Å²) in [5.41, 5.74) is 2.37. The molecule has 1 aliphatic carbocycles. The number of hydrogen-bond acceptors (Lipinski definition) is 7. The van der Waals surface area contributed by atoms with Crippen LogP contribution in [0.3, 0.4) is 0 Å². The second-order valence-corrected chi connectivity index (χ2v) is 5.95. The van der Waals surface area contributed by atoms with Gasteiger partial charge >= 0.3 is 0 Å². The smallest absolute Gasteiger partial charge is 0.277 e. The average molecular weight is 310 g/mol. The van der Waals surface area contributed by atoms with Crippen LogP contribution in [0.5, 0.6) is 0 Å². The maximum atomic E-state index is 12.3. The number of aromatic nitrogens is 4. The van der Waals surface area contributed by atoms with E-state index in [0.29, 0.717) is 23.2 Å². The molecule has 1 atom stereocenters. The molecule has 0 spiro atoms. The SMILES string of the molecule is O=C1c2ccccc2CC1Sc1nnc(-c2cnccn2)o1. The van der Waals surface area contributed by atoms with Gasteiger partial charge in [-0.3, -0.25) is 9.78 Å². The lowest BCUT2D eigenvalue weighted by atomic mass is 10.1. The molecule has 1 aliphatic rings. The van der Waals surface area contributed by atoms with Crippen molar-refractivity contribution in [2.24, 2.45) is 0 Å². The van der Waals surface area contributed by atoms with Crippen molar-refractivity contribution in [1.82, 2.24) is 20.2 Å². The third kappa shape index (κ3) is 2.29. The molecule has 22 heavy (non-hydrogen) atoms. The van der Waals surface area contributed by atoms with E-state index in [2.05, 4.69) is 20.2 Å². The van der Waals surface area contributed by atoms with E-state index in [1.54, 1.807) is 18.6 Å². The van der Waals surface area contributed by atoms with Gasteiger partial charge in [0.1, 0.15) is 5.69 Å². The third-order valence-electron chi connectivity index (χ3n) is 3.41. The number of thioether (sulfide) groups is 1. The predicted octanol–water partition coefficient (Wildman–Crippen LogP) is 2.43. The molecule has 0 bridgehead atoms. The predicted molar refractivity (Wildman–Crippen MR) is 79.4 cm³/mol. The lowest BCUT2D eigenvalue weighted by Crippen LogP contribution is -2.10. The van der Waals surface area contributed by atoms with Crippen LogP contribution in [0.2, 0.25) is 0 Å². The second-order valence-electron chi connectivity index (χ2n) is 4.80. The normalized spacial score (nSPS) is 16.7. The Bertz CT molecular complexity index is 834. The highest BCUT2D eigenvalue weighted by Gasteiger charge is 2.32. The number of nitrogens with zero attached hydrogens (tertiary/aromatic N) is 4. The Morgan fingerprint density at radius 2 is 2.09 bits per heavy atom. The van der Waals surface area contributed by atoms with Crippen LogP contribution in [-0.2, 0) is 6.42 Å². The van der Waals surface area contributed by atoms with Gasteiger partial charge in [0.05, 0.1) is 11.4 Å². The van der Waals surface area contributed by atoms with Gasteiger partial charge in [-0.2, -0.15) is 0 Å². The summed E-state index contributed by atoms with van der Waals surface area (Å²) >= 11 is 1.29. The first-order valence-electron chi connectivity index (χ1n) is 6.70.